The van der Waals surface area contributed by atoms with E-state index < -0.39 is 5.97 Å². The molecule has 1 atom stereocenters. The summed E-state index contributed by atoms with van der Waals surface area (Å²) in [4.78, 5) is 23.9. The maximum absolute atomic E-state index is 12.2. The minimum atomic E-state index is -0.658. The third kappa shape index (κ3) is 6.82. The quantitative estimate of drug-likeness (QED) is 0.671. The highest BCUT2D eigenvalue weighted by atomic mass is 35.5. The summed E-state index contributed by atoms with van der Waals surface area (Å²) in [6, 6.07) is 2.95. The summed E-state index contributed by atoms with van der Waals surface area (Å²) in [5, 5.41) is 3.00. The molecule has 0 spiro atoms. The number of hydrogen-bond acceptors (Lipinski definition) is 5. The maximum atomic E-state index is 12.2. The summed E-state index contributed by atoms with van der Waals surface area (Å²) in [5.41, 5.74) is 0.187. The van der Waals surface area contributed by atoms with E-state index in [9.17, 15) is 9.59 Å². The SMILES string of the molecule is CCC[C@@H](C)NC(=O)COC(=O)c1cc(Cl)c(OC(C)C)c(OC)c1. The van der Waals surface area contributed by atoms with Gasteiger partial charge in [0.25, 0.3) is 5.91 Å². The van der Waals surface area contributed by atoms with E-state index in [2.05, 4.69) is 5.32 Å². The molecule has 1 N–H and O–H groups in total. The lowest BCUT2D eigenvalue weighted by molar-refractivity contribution is -0.124. The molecule has 6 nitrogen and oxygen atoms in total. The standard InChI is InChI=1S/C18H26ClNO5/c1-6-7-12(4)20-16(21)10-24-18(22)13-8-14(19)17(25-11(2)3)15(9-13)23-5/h8-9,11-12H,6-7,10H2,1-5H3,(H,20,21)/t12-/m1/s1. The number of esters is 1. The molecule has 1 rings (SSSR count). The number of nitrogens with one attached hydrogen (secondary N) is 1. The highest BCUT2D eigenvalue weighted by Gasteiger charge is 2.18. The van der Waals surface area contributed by atoms with Gasteiger partial charge in [0.1, 0.15) is 0 Å². The second-order valence-corrected chi connectivity index (χ2v) is 6.40. The van der Waals surface area contributed by atoms with E-state index >= 15 is 0 Å². The molecule has 0 saturated carbocycles. The molecule has 0 aliphatic carbocycles. The summed E-state index contributed by atoms with van der Waals surface area (Å²) < 4.78 is 15.9. The molecular formula is C18H26ClNO5. The van der Waals surface area contributed by atoms with Crippen molar-refractivity contribution in [2.75, 3.05) is 13.7 Å². The molecule has 0 aliphatic rings. The van der Waals surface area contributed by atoms with Gasteiger partial charge in [0, 0.05) is 6.04 Å². The van der Waals surface area contributed by atoms with Crippen molar-refractivity contribution in [3.8, 4) is 11.5 Å². The molecule has 0 unspecified atom stereocenters. The smallest absolute Gasteiger partial charge is 0.338 e. The van der Waals surface area contributed by atoms with E-state index in [0.29, 0.717) is 11.5 Å². The molecule has 1 amide bonds. The maximum Gasteiger partial charge on any atom is 0.338 e. The number of ether oxygens (including phenoxy) is 3. The predicted octanol–water partition coefficient (Wildman–Crippen LogP) is 3.60. The van der Waals surface area contributed by atoms with Crippen LogP contribution in [0.25, 0.3) is 0 Å². The summed E-state index contributed by atoms with van der Waals surface area (Å²) in [5.74, 6) is -0.308. The minimum Gasteiger partial charge on any atom is -0.493 e. The molecule has 1 aromatic rings. The van der Waals surface area contributed by atoms with E-state index in [0.717, 1.165) is 12.8 Å². The molecule has 1 aromatic carbocycles. The van der Waals surface area contributed by atoms with Gasteiger partial charge in [0.15, 0.2) is 18.1 Å². The Hall–Kier alpha value is -1.95. The Labute approximate surface area is 153 Å². The molecule has 140 valence electrons. The van der Waals surface area contributed by atoms with E-state index in [1.165, 1.54) is 19.2 Å². The van der Waals surface area contributed by atoms with E-state index in [-0.39, 0.29) is 35.2 Å². The summed E-state index contributed by atoms with van der Waals surface area (Å²) in [6.45, 7) is 7.30. The van der Waals surface area contributed by atoms with Gasteiger partial charge >= 0.3 is 5.97 Å². The molecule has 25 heavy (non-hydrogen) atoms. The first-order valence-electron chi connectivity index (χ1n) is 8.29. The molecule has 0 aliphatic heterocycles. The van der Waals surface area contributed by atoms with Gasteiger partial charge in [-0.3, -0.25) is 4.79 Å². The number of benzene rings is 1. The number of amides is 1. The fourth-order valence-electron chi connectivity index (χ4n) is 2.22. The second-order valence-electron chi connectivity index (χ2n) is 5.99. The van der Waals surface area contributed by atoms with Crippen LogP contribution in [-0.2, 0) is 9.53 Å². The summed E-state index contributed by atoms with van der Waals surface area (Å²) in [7, 11) is 1.45. The lowest BCUT2D eigenvalue weighted by atomic mass is 10.2. The van der Waals surface area contributed by atoms with Crippen molar-refractivity contribution in [3.63, 3.8) is 0 Å². The predicted molar refractivity (Wildman–Crippen MR) is 96.6 cm³/mol. The fourth-order valence-corrected chi connectivity index (χ4v) is 2.48. The van der Waals surface area contributed by atoms with Crippen molar-refractivity contribution in [1.82, 2.24) is 5.32 Å². The molecule has 0 aromatic heterocycles. The zero-order chi connectivity index (χ0) is 19.0. The van der Waals surface area contributed by atoms with Crippen LogP contribution in [-0.4, -0.2) is 37.7 Å². The van der Waals surface area contributed by atoms with Crippen LogP contribution < -0.4 is 14.8 Å². The molecule has 0 saturated heterocycles. The van der Waals surface area contributed by atoms with Crippen LogP contribution in [0.1, 0.15) is 50.9 Å². The Bertz CT molecular complexity index is 603. The van der Waals surface area contributed by atoms with Gasteiger partial charge < -0.3 is 19.5 Å². The van der Waals surface area contributed by atoms with Gasteiger partial charge in [0.2, 0.25) is 0 Å². The van der Waals surface area contributed by atoms with Crippen molar-refractivity contribution in [2.24, 2.45) is 0 Å². The molecule has 0 radical (unpaired) electrons. The zero-order valence-electron chi connectivity index (χ0n) is 15.3. The van der Waals surface area contributed by atoms with Crippen molar-refractivity contribution >= 4 is 23.5 Å². The third-order valence-electron chi connectivity index (χ3n) is 3.28. The number of methoxy groups -OCH3 is 1. The van der Waals surface area contributed by atoms with Crippen LogP contribution in [0.3, 0.4) is 0 Å². The van der Waals surface area contributed by atoms with Gasteiger partial charge in [-0.2, -0.15) is 0 Å². The van der Waals surface area contributed by atoms with E-state index in [1.807, 2.05) is 27.7 Å². The average molecular weight is 372 g/mol. The largest absolute Gasteiger partial charge is 0.493 e. The highest BCUT2D eigenvalue weighted by molar-refractivity contribution is 6.32. The first kappa shape index (κ1) is 21.1. The number of halogens is 1. The minimum absolute atomic E-state index is 0.0400. The zero-order valence-corrected chi connectivity index (χ0v) is 16.1. The molecule has 7 heteroatoms. The van der Waals surface area contributed by atoms with Crippen LogP contribution >= 0.6 is 11.6 Å². The monoisotopic (exact) mass is 371 g/mol. The molecule has 0 heterocycles. The van der Waals surface area contributed by atoms with Crippen LogP contribution in [0, 0.1) is 0 Å². The third-order valence-corrected chi connectivity index (χ3v) is 3.56. The Morgan fingerprint density at radius 1 is 1.24 bits per heavy atom. The van der Waals surface area contributed by atoms with Crippen molar-refractivity contribution in [3.05, 3.63) is 22.7 Å². The van der Waals surface area contributed by atoms with Gasteiger partial charge in [-0.05, 0) is 39.3 Å². The Morgan fingerprint density at radius 3 is 2.48 bits per heavy atom. The Kier molecular flexibility index (Phi) is 8.55. The van der Waals surface area contributed by atoms with Gasteiger partial charge in [-0.25, -0.2) is 4.79 Å². The topological polar surface area (TPSA) is 73.9 Å². The Morgan fingerprint density at radius 2 is 1.92 bits per heavy atom. The molecular weight excluding hydrogens is 346 g/mol. The molecule has 0 fully saturated rings. The number of carbonyl (C=O) groups is 2. The van der Waals surface area contributed by atoms with Crippen LogP contribution in [0.4, 0.5) is 0 Å². The van der Waals surface area contributed by atoms with E-state index in [4.69, 9.17) is 25.8 Å². The van der Waals surface area contributed by atoms with Gasteiger partial charge in [-0.1, -0.05) is 24.9 Å². The van der Waals surface area contributed by atoms with Crippen LogP contribution in [0.15, 0.2) is 12.1 Å². The first-order chi connectivity index (χ1) is 11.8. The normalized spacial score (nSPS) is 11.8. The Balaban J connectivity index is 2.75. The fraction of sp³-hybridized carbons (Fsp3) is 0.556. The average Bonchev–Trinajstić information content (AvgIpc) is 2.54. The van der Waals surface area contributed by atoms with Gasteiger partial charge in [0.05, 0.1) is 23.8 Å². The summed E-state index contributed by atoms with van der Waals surface area (Å²) >= 11 is 6.18. The summed E-state index contributed by atoms with van der Waals surface area (Å²) in [6.07, 6.45) is 1.73. The van der Waals surface area contributed by atoms with Crippen LogP contribution in [0.5, 0.6) is 11.5 Å². The second kappa shape index (κ2) is 10.1. The van der Waals surface area contributed by atoms with Crippen molar-refractivity contribution in [2.45, 2.75) is 52.7 Å². The lowest BCUT2D eigenvalue weighted by Crippen LogP contribution is -2.35. The van der Waals surface area contributed by atoms with E-state index in [1.54, 1.807) is 0 Å². The highest BCUT2D eigenvalue weighted by Crippen LogP contribution is 2.37. The number of hydrogen-bond donors (Lipinski definition) is 1. The van der Waals surface area contributed by atoms with Crippen molar-refractivity contribution in [1.29, 1.82) is 0 Å². The van der Waals surface area contributed by atoms with Crippen molar-refractivity contribution < 1.29 is 23.8 Å². The first-order valence-corrected chi connectivity index (χ1v) is 8.66. The number of rotatable bonds is 9. The molecule has 0 bridgehead atoms. The van der Waals surface area contributed by atoms with Crippen LogP contribution in [0.2, 0.25) is 5.02 Å². The van der Waals surface area contributed by atoms with Gasteiger partial charge in [-0.15, -0.1) is 0 Å². The lowest BCUT2D eigenvalue weighted by Gasteiger charge is -2.16. The number of carbonyl (C=O) groups excluding carboxylic acids is 2.